The molecule has 0 radical (unpaired) electrons. The van der Waals surface area contributed by atoms with E-state index in [0.29, 0.717) is 5.41 Å². The van der Waals surface area contributed by atoms with Gasteiger partial charge in [-0.3, -0.25) is 4.90 Å². The predicted octanol–water partition coefficient (Wildman–Crippen LogP) is 3.02. The summed E-state index contributed by atoms with van der Waals surface area (Å²) in [6.45, 7) is 10.4. The molecule has 0 saturated carbocycles. The third-order valence-electron chi connectivity index (χ3n) is 4.13. The minimum atomic E-state index is 0.658. The van der Waals surface area contributed by atoms with Crippen molar-refractivity contribution < 1.29 is 0 Å². The van der Waals surface area contributed by atoms with Gasteiger partial charge in [0.2, 0.25) is 0 Å². The molecule has 1 rings (SSSR count). The van der Waals surface area contributed by atoms with Crippen molar-refractivity contribution >= 4 is 0 Å². The third-order valence-corrected chi connectivity index (χ3v) is 4.13. The molecule has 1 aliphatic rings. The highest BCUT2D eigenvalue weighted by atomic mass is 15.2. The quantitative estimate of drug-likeness (QED) is 0.689. The topological polar surface area (TPSA) is 29.3 Å². The van der Waals surface area contributed by atoms with E-state index in [9.17, 15) is 0 Å². The number of hydrogen-bond acceptors (Lipinski definition) is 2. The van der Waals surface area contributed by atoms with Gasteiger partial charge in [-0.05, 0) is 37.6 Å². The molecule has 1 aliphatic heterocycles. The maximum Gasteiger partial charge on any atom is 0.0105 e. The maximum atomic E-state index is 5.68. The van der Waals surface area contributed by atoms with E-state index in [0.717, 1.165) is 12.6 Å². The minimum Gasteiger partial charge on any atom is -0.330 e. The molecular weight excluding hydrogens is 196 g/mol. The van der Waals surface area contributed by atoms with Crippen molar-refractivity contribution in [3.63, 3.8) is 0 Å². The lowest BCUT2D eigenvalue weighted by molar-refractivity contribution is -0.0462. The van der Waals surface area contributed by atoms with Crippen molar-refractivity contribution in [2.24, 2.45) is 11.1 Å². The molecule has 0 aromatic rings. The summed E-state index contributed by atoms with van der Waals surface area (Å²) < 4.78 is 0. The molecule has 1 unspecified atom stereocenters. The molecule has 16 heavy (non-hydrogen) atoms. The van der Waals surface area contributed by atoms with Gasteiger partial charge in [0.05, 0.1) is 0 Å². The van der Waals surface area contributed by atoms with Crippen LogP contribution in [-0.2, 0) is 0 Å². The average Bonchev–Trinajstić information content (AvgIpc) is 2.22. The van der Waals surface area contributed by atoms with Crippen LogP contribution in [0.3, 0.4) is 0 Å². The van der Waals surface area contributed by atoms with Crippen molar-refractivity contribution in [1.82, 2.24) is 4.90 Å². The molecule has 1 fully saturated rings. The Morgan fingerprint density at radius 1 is 1.12 bits per heavy atom. The fraction of sp³-hybridized carbons (Fsp3) is 1.00. The Hall–Kier alpha value is -0.0800. The first-order chi connectivity index (χ1) is 7.71. The van der Waals surface area contributed by atoms with E-state index in [1.165, 1.54) is 51.6 Å². The molecule has 0 aromatic heterocycles. The van der Waals surface area contributed by atoms with Crippen molar-refractivity contribution in [2.75, 3.05) is 19.6 Å². The lowest BCUT2D eigenvalue weighted by Crippen LogP contribution is -2.59. The second kappa shape index (κ2) is 6.61. The van der Waals surface area contributed by atoms with Gasteiger partial charge in [-0.15, -0.1) is 0 Å². The number of nitrogens with two attached hydrogens (primary N) is 1. The van der Waals surface area contributed by atoms with Crippen LogP contribution in [0.15, 0.2) is 0 Å². The monoisotopic (exact) mass is 226 g/mol. The van der Waals surface area contributed by atoms with E-state index in [1.807, 2.05) is 0 Å². The Labute approximate surface area is 102 Å². The van der Waals surface area contributed by atoms with Crippen LogP contribution in [0.2, 0.25) is 0 Å². The Kier molecular flexibility index (Phi) is 5.77. The molecule has 96 valence electrons. The SMILES string of the molecule is CCCC1(CCC)CN(C(CC)CCN)C1. The van der Waals surface area contributed by atoms with Crippen molar-refractivity contribution in [3.8, 4) is 0 Å². The van der Waals surface area contributed by atoms with Crippen LogP contribution in [-0.4, -0.2) is 30.6 Å². The van der Waals surface area contributed by atoms with Crippen molar-refractivity contribution in [1.29, 1.82) is 0 Å². The summed E-state index contributed by atoms with van der Waals surface area (Å²) in [7, 11) is 0. The van der Waals surface area contributed by atoms with E-state index in [1.54, 1.807) is 0 Å². The second-order valence-electron chi connectivity index (χ2n) is 5.54. The molecule has 2 N–H and O–H groups in total. The van der Waals surface area contributed by atoms with Gasteiger partial charge in [-0.25, -0.2) is 0 Å². The van der Waals surface area contributed by atoms with Crippen molar-refractivity contribution in [3.05, 3.63) is 0 Å². The van der Waals surface area contributed by atoms with Crippen LogP contribution in [0.25, 0.3) is 0 Å². The zero-order valence-corrected chi connectivity index (χ0v) is 11.5. The van der Waals surface area contributed by atoms with Crippen LogP contribution in [0, 0.1) is 5.41 Å². The first-order valence-corrected chi connectivity index (χ1v) is 7.15. The van der Waals surface area contributed by atoms with E-state index in [-0.39, 0.29) is 0 Å². The number of nitrogens with zero attached hydrogens (tertiary/aromatic N) is 1. The molecule has 2 heteroatoms. The summed E-state index contributed by atoms with van der Waals surface area (Å²) >= 11 is 0. The highest BCUT2D eigenvalue weighted by Gasteiger charge is 2.42. The van der Waals surface area contributed by atoms with Gasteiger partial charge in [-0.1, -0.05) is 33.6 Å². The smallest absolute Gasteiger partial charge is 0.0105 e. The molecular formula is C14H30N2. The molecule has 1 atom stereocenters. The zero-order chi connectivity index (χ0) is 12.0. The fourth-order valence-corrected chi connectivity index (χ4v) is 3.41. The summed E-state index contributed by atoms with van der Waals surface area (Å²) in [6.07, 6.45) is 7.92. The number of hydrogen-bond donors (Lipinski definition) is 1. The van der Waals surface area contributed by atoms with Gasteiger partial charge in [0.15, 0.2) is 0 Å². The first kappa shape index (κ1) is 14.0. The second-order valence-corrected chi connectivity index (χ2v) is 5.54. The number of rotatable bonds is 8. The molecule has 0 aliphatic carbocycles. The van der Waals surface area contributed by atoms with Gasteiger partial charge in [0, 0.05) is 19.1 Å². The number of likely N-dealkylation sites (tertiary alicyclic amines) is 1. The molecule has 0 amide bonds. The minimum absolute atomic E-state index is 0.658. The molecule has 0 aromatic carbocycles. The summed E-state index contributed by atoms with van der Waals surface area (Å²) in [4.78, 5) is 2.66. The Morgan fingerprint density at radius 3 is 2.06 bits per heavy atom. The summed E-state index contributed by atoms with van der Waals surface area (Å²) in [5.41, 5.74) is 6.34. The van der Waals surface area contributed by atoms with E-state index < -0.39 is 0 Å². The van der Waals surface area contributed by atoms with E-state index >= 15 is 0 Å². The summed E-state index contributed by atoms with van der Waals surface area (Å²) in [5, 5.41) is 0. The lowest BCUT2D eigenvalue weighted by Gasteiger charge is -2.54. The average molecular weight is 226 g/mol. The first-order valence-electron chi connectivity index (χ1n) is 7.15. The van der Waals surface area contributed by atoms with Gasteiger partial charge >= 0.3 is 0 Å². The molecule has 1 heterocycles. The van der Waals surface area contributed by atoms with Gasteiger partial charge in [-0.2, -0.15) is 0 Å². The van der Waals surface area contributed by atoms with Gasteiger partial charge in [0.25, 0.3) is 0 Å². The Bertz CT molecular complexity index is 177. The highest BCUT2D eigenvalue weighted by molar-refractivity contribution is 4.96. The van der Waals surface area contributed by atoms with E-state index in [4.69, 9.17) is 5.73 Å². The predicted molar refractivity (Wildman–Crippen MR) is 71.6 cm³/mol. The maximum absolute atomic E-state index is 5.68. The van der Waals surface area contributed by atoms with Crippen molar-refractivity contribution in [2.45, 2.75) is 65.3 Å². The summed E-state index contributed by atoms with van der Waals surface area (Å²) in [5.74, 6) is 0. The lowest BCUT2D eigenvalue weighted by atomic mass is 9.71. The third kappa shape index (κ3) is 3.21. The highest BCUT2D eigenvalue weighted by Crippen LogP contribution is 2.41. The largest absolute Gasteiger partial charge is 0.330 e. The van der Waals surface area contributed by atoms with Gasteiger partial charge < -0.3 is 5.73 Å². The molecule has 2 nitrogen and oxygen atoms in total. The van der Waals surface area contributed by atoms with Crippen LogP contribution >= 0.6 is 0 Å². The van der Waals surface area contributed by atoms with Crippen LogP contribution in [0.5, 0.6) is 0 Å². The Morgan fingerprint density at radius 2 is 1.69 bits per heavy atom. The van der Waals surface area contributed by atoms with Gasteiger partial charge in [0.1, 0.15) is 0 Å². The van der Waals surface area contributed by atoms with Crippen LogP contribution < -0.4 is 5.73 Å². The molecule has 1 saturated heterocycles. The standard InChI is InChI=1S/C14H30N2/c1-4-8-14(9-5-2)11-16(12-14)13(6-3)7-10-15/h13H,4-12,15H2,1-3H3. The van der Waals surface area contributed by atoms with Crippen LogP contribution in [0.4, 0.5) is 0 Å². The molecule has 0 bridgehead atoms. The summed E-state index contributed by atoms with van der Waals surface area (Å²) in [6, 6.07) is 0.742. The zero-order valence-electron chi connectivity index (χ0n) is 11.5. The fourth-order valence-electron chi connectivity index (χ4n) is 3.41. The Balaban J connectivity index is 2.41. The molecule has 0 spiro atoms. The van der Waals surface area contributed by atoms with E-state index in [2.05, 4.69) is 25.7 Å². The normalized spacial score (nSPS) is 21.8. The van der Waals surface area contributed by atoms with Crippen LogP contribution in [0.1, 0.15) is 59.3 Å².